The van der Waals surface area contributed by atoms with Crippen molar-refractivity contribution in [3.05, 3.63) is 12.2 Å². The lowest BCUT2D eigenvalue weighted by Gasteiger charge is -2.32. The summed E-state index contributed by atoms with van der Waals surface area (Å²) in [4.78, 5) is 0. The van der Waals surface area contributed by atoms with Gasteiger partial charge in [-0.3, -0.25) is 0 Å². The summed E-state index contributed by atoms with van der Waals surface area (Å²) in [5, 5.41) is 13.4. The minimum atomic E-state index is -0.619. The molecule has 0 aromatic rings. The fourth-order valence-corrected chi connectivity index (χ4v) is 2.50. The molecule has 0 aliphatic heterocycles. The van der Waals surface area contributed by atoms with E-state index in [4.69, 9.17) is 0 Å². The molecule has 1 fully saturated rings. The molecule has 80 valence electrons. The molecule has 2 aliphatic rings. The molecule has 2 aliphatic carbocycles. The smallest absolute Gasteiger partial charge is 0.0741 e. The van der Waals surface area contributed by atoms with Crippen LogP contribution in [0, 0.1) is 11.8 Å². The van der Waals surface area contributed by atoms with E-state index in [1.54, 1.807) is 0 Å². The Labute approximate surface area is 86.4 Å². The van der Waals surface area contributed by atoms with Crippen molar-refractivity contribution in [3.63, 3.8) is 0 Å². The zero-order valence-electron chi connectivity index (χ0n) is 9.33. The third-order valence-electron chi connectivity index (χ3n) is 3.80. The number of rotatable bonds is 3. The lowest BCUT2D eigenvalue weighted by Crippen LogP contribution is -2.50. The third-order valence-corrected chi connectivity index (χ3v) is 3.80. The van der Waals surface area contributed by atoms with E-state index in [-0.39, 0.29) is 6.04 Å². The topological polar surface area (TPSA) is 32.3 Å². The van der Waals surface area contributed by atoms with Crippen LogP contribution in [0.3, 0.4) is 0 Å². The SMILES string of the molecule is CC(NC1C[C@@H]2C=C[C@H]1C2)C(C)(C)O. The zero-order valence-corrected chi connectivity index (χ0v) is 9.33. The van der Waals surface area contributed by atoms with Gasteiger partial charge in [0.25, 0.3) is 0 Å². The molecule has 2 N–H and O–H groups in total. The van der Waals surface area contributed by atoms with Crippen molar-refractivity contribution in [3.8, 4) is 0 Å². The largest absolute Gasteiger partial charge is 0.389 e. The monoisotopic (exact) mass is 195 g/mol. The van der Waals surface area contributed by atoms with Gasteiger partial charge in [0.1, 0.15) is 0 Å². The van der Waals surface area contributed by atoms with Gasteiger partial charge in [-0.05, 0) is 45.4 Å². The Kier molecular flexibility index (Phi) is 2.44. The highest BCUT2D eigenvalue weighted by molar-refractivity contribution is 5.13. The average Bonchev–Trinajstić information content (AvgIpc) is 2.62. The molecule has 0 radical (unpaired) electrons. The first kappa shape index (κ1) is 10.2. The van der Waals surface area contributed by atoms with Gasteiger partial charge in [0.05, 0.1) is 5.60 Å². The normalized spacial score (nSPS) is 37.9. The highest BCUT2D eigenvalue weighted by Crippen LogP contribution is 2.39. The second-order valence-corrected chi connectivity index (χ2v) is 5.43. The predicted molar refractivity (Wildman–Crippen MR) is 58.0 cm³/mol. The van der Waals surface area contributed by atoms with Crippen LogP contribution in [0.1, 0.15) is 33.6 Å². The molecule has 2 unspecified atom stereocenters. The Bertz CT molecular complexity index is 241. The van der Waals surface area contributed by atoms with E-state index in [2.05, 4.69) is 24.4 Å². The van der Waals surface area contributed by atoms with E-state index in [1.165, 1.54) is 12.8 Å². The quantitative estimate of drug-likeness (QED) is 0.672. The lowest BCUT2D eigenvalue weighted by molar-refractivity contribution is 0.0385. The van der Waals surface area contributed by atoms with E-state index >= 15 is 0 Å². The van der Waals surface area contributed by atoms with Gasteiger partial charge in [-0.15, -0.1) is 0 Å². The molecule has 1 saturated carbocycles. The fraction of sp³-hybridized carbons (Fsp3) is 0.833. The summed E-state index contributed by atoms with van der Waals surface area (Å²) in [5.41, 5.74) is -0.619. The Hall–Kier alpha value is -0.340. The molecule has 0 amide bonds. The Balaban J connectivity index is 1.90. The van der Waals surface area contributed by atoms with Gasteiger partial charge in [-0.2, -0.15) is 0 Å². The molecule has 0 aromatic carbocycles. The molecular weight excluding hydrogens is 174 g/mol. The van der Waals surface area contributed by atoms with Crippen molar-refractivity contribution in [2.75, 3.05) is 0 Å². The highest BCUT2D eigenvalue weighted by atomic mass is 16.3. The van der Waals surface area contributed by atoms with Gasteiger partial charge in [0.2, 0.25) is 0 Å². The van der Waals surface area contributed by atoms with E-state index in [9.17, 15) is 5.11 Å². The molecule has 2 nitrogen and oxygen atoms in total. The fourth-order valence-electron chi connectivity index (χ4n) is 2.50. The van der Waals surface area contributed by atoms with Crippen molar-refractivity contribution >= 4 is 0 Å². The highest BCUT2D eigenvalue weighted by Gasteiger charge is 2.37. The molecule has 0 heterocycles. The maximum absolute atomic E-state index is 9.84. The summed E-state index contributed by atoms with van der Waals surface area (Å²) in [6, 6.07) is 0.756. The second-order valence-electron chi connectivity index (χ2n) is 5.43. The summed E-state index contributed by atoms with van der Waals surface area (Å²) in [6.45, 7) is 5.80. The van der Waals surface area contributed by atoms with Crippen molar-refractivity contribution in [1.29, 1.82) is 0 Å². The number of hydrogen-bond acceptors (Lipinski definition) is 2. The van der Waals surface area contributed by atoms with Gasteiger partial charge in [-0.25, -0.2) is 0 Å². The minimum absolute atomic E-state index is 0.167. The van der Waals surface area contributed by atoms with Crippen molar-refractivity contribution in [2.45, 2.75) is 51.3 Å². The van der Waals surface area contributed by atoms with Gasteiger partial charge in [0, 0.05) is 12.1 Å². The van der Waals surface area contributed by atoms with Crippen molar-refractivity contribution in [2.24, 2.45) is 11.8 Å². The van der Waals surface area contributed by atoms with Crippen LogP contribution >= 0.6 is 0 Å². The van der Waals surface area contributed by atoms with Crippen molar-refractivity contribution < 1.29 is 5.11 Å². The standard InChI is InChI=1S/C12H21NO/c1-8(12(2,3)14)13-11-7-9-4-5-10(11)6-9/h4-5,8-11,13-14H,6-7H2,1-3H3/t8?,9-,10+,11?/m1/s1. The molecule has 14 heavy (non-hydrogen) atoms. The summed E-state index contributed by atoms with van der Waals surface area (Å²) in [6.07, 6.45) is 7.25. The van der Waals surface area contributed by atoms with Gasteiger partial charge >= 0.3 is 0 Å². The molecule has 0 spiro atoms. The van der Waals surface area contributed by atoms with Crippen LogP contribution in [-0.4, -0.2) is 22.8 Å². The predicted octanol–water partition coefficient (Wildman–Crippen LogP) is 1.70. The molecule has 0 aromatic heterocycles. The van der Waals surface area contributed by atoms with Crippen LogP contribution in [0.2, 0.25) is 0 Å². The minimum Gasteiger partial charge on any atom is -0.389 e. The molecule has 2 rings (SSSR count). The maximum atomic E-state index is 9.84. The average molecular weight is 195 g/mol. The zero-order chi connectivity index (χ0) is 10.3. The van der Waals surface area contributed by atoms with E-state index in [1.807, 2.05) is 13.8 Å². The van der Waals surface area contributed by atoms with Gasteiger partial charge in [-0.1, -0.05) is 12.2 Å². The van der Waals surface area contributed by atoms with Crippen LogP contribution in [-0.2, 0) is 0 Å². The summed E-state index contributed by atoms with van der Waals surface area (Å²) < 4.78 is 0. The molecule has 0 saturated heterocycles. The number of nitrogens with one attached hydrogen (secondary N) is 1. The summed E-state index contributed by atoms with van der Waals surface area (Å²) in [5.74, 6) is 1.51. The first-order chi connectivity index (χ1) is 6.47. The van der Waals surface area contributed by atoms with Gasteiger partial charge in [0.15, 0.2) is 0 Å². The van der Waals surface area contributed by atoms with Crippen LogP contribution < -0.4 is 5.32 Å². The van der Waals surface area contributed by atoms with Crippen LogP contribution in [0.5, 0.6) is 0 Å². The Morgan fingerprint density at radius 2 is 2.07 bits per heavy atom. The summed E-state index contributed by atoms with van der Waals surface area (Å²) in [7, 11) is 0. The van der Waals surface area contributed by atoms with Gasteiger partial charge < -0.3 is 10.4 Å². The molecule has 2 heteroatoms. The van der Waals surface area contributed by atoms with Crippen LogP contribution in [0.25, 0.3) is 0 Å². The first-order valence-corrected chi connectivity index (χ1v) is 5.63. The Morgan fingerprint density at radius 3 is 2.50 bits per heavy atom. The molecule has 2 bridgehead atoms. The van der Waals surface area contributed by atoms with Crippen LogP contribution in [0.15, 0.2) is 12.2 Å². The van der Waals surface area contributed by atoms with E-state index in [0.29, 0.717) is 12.0 Å². The Morgan fingerprint density at radius 1 is 1.36 bits per heavy atom. The first-order valence-electron chi connectivity index (χ1n) is 5.63. The van der Waals surface area contributed by atoms with Crippen LogP contribution in [0.4, 0.5) is 0 Å². The van der Waals surface area contributed by atoms with E-state index < -0.39 is 5.60 Å². The maximum Gasteiger partial charge on any atom is 0.0741 e. The molecular formula is C12H21NO. The number of aliphatic hydroxyl groups is 1. The second kappa shape index (κ2) is 3.35. The summed E-state index contributed by atoms with van der Waals surface area (Å²) >= 11 is 0. The third kappa shape index (κ3) is 1.86. The number of hydrogen-bond donors (Lipinski definition) is 2. The molecule has 4 atom stereocenters. The lowest BCUT2D eigenvalue weighted by atomic mass is 9.96. The van der Waals surface area contributed by atoms with Crippen molar-refractivity contribution in [1.82, 2.24) is 5.32 Å². The van der Waals surface area contributed by atoms with E-state index in [0.717, 1.165) is 5.92 Å². The number of allylic oxidation sites excluding steroid dienone is 1. The number of fused-ring (bicyclic) bond motifs is 2.